The van der Waals surface area contributed by atoms with E-state index in [0.29, 0.717) is 6.42 Å². The molecule has 0 aliphatic carbocycles. The van der Waals surface area contributed by atoms with Gasteiger partial charge in [0.15, 0.2) is 17.6 Å². The van der Waals surface area contributed by atoms with E-state index in [1.807, 2.05) is 39.0 Å². The molecule has 44 heavy (non-hydrogen) atoms. The standard InChI is InChI=1S/C32H35Cl2N3O7/c1-15(2)12-18-25-17(5)8-6-11-21(25)35-27(18)31(42)36-22(13-16(3)4)30(41)37-28(29(40)32(43)44)24(39)14-23(38)26-19(33)9-7-10-20(26)34/h6-11,15-16,22,28,35H,12-14H2,1-5H3,(H,36,42)(H,37,41)(H,43,44)/t22-,28?/m0/s1. The van der Waals surface area contributed by atoms with Gasteiger partial charge in [0.05, 0.1) is 22.0 Å². The number of aryl methyl sites for hydroxylation is 1. The molecule has 4 N–H and O–H groups in total. The molecule has 2 amide bonds. The molecule has 0 saturated heterocycles. The van der Waals surface area contributed by atoms with Crippen molar-refractivity contribution in [2.45, 2.75) is 66.0 Å². The Morgan fingerprint density at radius 1 is 0.886 bits per heavy atom. The van der Waals surface area contributed by atoms with Crippen molar-refractivity contribution in [2.24, 2.45) is 11.8 Å². The summed E-state index contributed by atoms with van der Waals surface area (Å²) in [5, 5.41) is 15.1. The molecule has 1 heterocycles. The van der Waals surface area contributed by atoms with Crippen LogP contribution >= 0.6 is 23.2 Å². The first-order valence-corrected chi connectivity index (χ1v) is 14.9. The fourth-order valence-corrected chi connectivity index (χ4v) is 5.63. The molecule has 2 atom stereocenters. The van der Waals surface area contributed by atoms with Gasteiger partial charge in [-0.2, -0.15) is 0 Å². The maximum atomic E-state index is 13.6. The number of amides is 2. The van der Waals surface area contributed by atoms with Gasteiger partial charge in [-0.15, -0.1) is 0 Å². The molecule has 0 spiro atoms. The number of carboxylic acids is 1. The van der Waals surface area contributed by atoms with Gasteiger partial charge in [-0.3, -0.25) is 24.0 Å². The van der Waals surface area contributed by atoms with Crippen molar-refractivity contribution < 1.29 is 33.9 Å². The molecule has 3 aromatic rings. The van der Waals surface area contributed by atoms with Gasteiger partial charge in [0.25, 0.3) is 11.7 Å². The summed E-state index contributed by atoms with van der Waals surface area (Å²) in [6, 6.07) is 6.48. The number of hydrogen-bond donors (Lipinski definition) is 4. The van der Waals surface area contributed by atoms with Crippen molar-refractivity contribution in [1.29, 1.82) is 0 Å². The van der Waals surface area contributed by atoms with Gasteiger partial charge in [0.1, 0.15) is 11.7 Å². The number of carbonyl (C=O) groups is 6. The second-order valence-electron chi connectivity index (χ2n) is 11.5. The van der Waals surface area contributed by atoms with E-state index in [4.69, 9.17) is 23.2 Å². The monoisotopic (exact) mass is 643 g/mol. The van der Waals surface area contributed by atoms with Crippen LogP contribution in [0.25, 0.3) is 10.9 Å². The van der Waals surface area contributed by atoms with Crippen molar-refractivity contribution in [2.75, 3.05) is 0 Å². The van der Waals surface area contributed by atoms with E-state index in [2.05, 4.69) is 15.6 Å². The minimum atomic E-state index is -2.19. The SMILES string of the molecule is Cc1cccc2[nH]c(C(=O)N[C@@H](CC(C)C)C(=O)NC(C(=O)CC(=O)c3c(Cl)cccc3Cl)C(=O)C(=O)O)c(CC(C)C)c12. The summed E-state index contributed by atoms with van der Waals surface area (Å²) in [4.78, 5) is 80.3. The number of carboxylic acid groups (broad SMARTS) is 1. The van der Waals surface area contributed by atoms with Gasteiger partial charge in [-0.1, -0.05) is 69.1 Å². The van der Waals surface area contributed by atoms with E-state index in [0.717, 1.165) is 22.0 Å². The summed E-state index contributed by atoms with van der Waals surface area (Å²) in [5.41, 5.74) is 2.64. The minimum absolute atomic E-state index is 0.0378. The number of nitrogens with one attached hydrogen (secondary N) is 3. The highest BCUT2D eigenvalue weighted by Crippen LogP contribution is 2.29. The molecule has 0 saturated carbocycles. The summed E-state index contributed by atoms with van der Waals surface area (Å²) in [6.07, 6.45) is -0.268. The summed E-state index contributed by atoms with van der Waals surface area (Å²) in [6.45, 7) is 9.60. The predicted molar refractivity (Wildman–Crippen MR) is 167 cm³/mol. The zero-order valence-corrected chi connectivity index (χ0v) is 26.6. The molecular formula is C32H35Cl2N3O7. The number of hydrogen-bond acceptors (Lipinski definition) is 6. The molecule has 0 aliphatic rings. The van der Waals surface area contributed by atoms with Crippen LogP contribution in [-0.2, 0) is 25.6 Å². The van der Waals surface area contributed by atoms with Crippen LogP contribution in [0.1, 0.15) is 72.5 Å². The zero-order valence-electron chi connectivity index (χ0n) is 25.0. The maximum absolute atomic E-state index is 13.6. The van der Waals surface area contributed by atoms with Gasteiger partial charge < -0.3 is 20.7 Å². The molecule has 0 aliphatic heterocycles. The molecule has 10 nitrogen and oxygen atoms in total. The molecule has 234 valence electrons. The molecule has 0 fully saturated rings. The summed E-state index contributed by atoms with van der Waals surface area (Å²) >= 11 is 12.1. The van der Waals surface area contributed by atoms with Crippen LogP contribution in [0.15, 0.2) is 36.4 Å². The second kappa shape index (κ2) is 14.6. The topological polar surface area (TPSA) is 162 Å². The lowest BCUT2D eigenvalue weighted by Gasteiger charge is -2.23. The number of halogens is 2. The number of Topliss-reactive ketones (excluding diaryl/α,β-unsaturated/α-hetero) is 3. The van der Waals surface area contributed by atoms with Crippen molar-refractivity contribution in [3.63, 3.8) is 0 Å². The molecule has 3 rings (SSSR count). The van der Waals surface area contributed by atoms with Gasteiger partial charge >= 0.3 is 5.97 Å². The number of rotatable bonds is 14. The predicted octanol–water partition coefficient (Wildman–Crippen LogP) is 5.11. The average Bonchev–Trinajstić information content (AvgIpc) is 3.29. The number of aromatic nitrogens is 1. The Labute approximate surface area is 264 Å². The Hall–Kier alpha value is -4.02. The molecule has 0 bridgehead atoms. The van der Waals surface area contributed by atoms with Crippen molar-refractivity contribution in [1.82, 2.24) is 15.6 Å². The summed E-state index contributed by atoms with van der Waals surface area (Å²) < 4.78 is 0. The quantitative estimate of drug-likeness (QED) is 0.108. The molecular weight excluding hydrogens is 609 g/mol. The number of carbonyl (C=O) groups excluding carboxylic acids is 5. The van der Waals surface area contributed by atoms with E-state index in [1.165, 1.54) is 18.2 Å². The number of H-pyrrole nitrogens is 1. The van der Waals surface area contributed by atoms with Gasteiger partial charge in [0, 0.05) is 10.9 Å². The lowest BCUT2D eigenvalue weighted by atomic mass is 9.96. The molecule has 12 heteroatoms. The number of aromatic amines is 1. The average molecular weight is 645 g/mol. The third-order valence-corrected chi connectivity index (χ3v) is 7.59. The van der Waals surface area contributed by atoms with Gasteiger partial charge in [0.2, 0.25) is 5.91 Å². The third kappa shape index (κ3) is 8.12. The van der Waals surface area contributed by atoms with E-state index < -0.39 is 53.6 Å². The molecule has 1 unspecified atom stereocenters. The first-order valence-electron chi connectivity index (χ1n) is 14.1. The minimum Gasteiger partial charge on any atom is -0.475 e. The second-order valence-corrected chi connectivity index (χ2v) is 12.3. The lowest BCUT2D eigenvalue weighted by molar-refractivity contribution is -0.152. The van der Waals surface area contributed by atoms with Crippen molar-refractivity contribution in [3.05, 3.63) is 68.8 Å². The van der Waals surface area contributed by atoms with E-state index >= 15 is 0 Å². The van der Waals surface area contributed by atoms with Crippen LogP contribution in [0.4, 0.5) is 0 Å². The summed E-state index contributed by atoms with van der Waals surface area (Å²) in [7, 11) is 0. The Kier molecular flexibility index (Phi) is 11.5. The first kappa shape index (κ1) is 34.5. The molecule has 0 radical (unpaired) electrons. The Balaban J connectivity index is 1.90. The Morgan fingerprint density at radius 2 is 1.50 bits per heavy atom. The van der Waals surface area contributed by atoms with Gasteiger partial charge in [-0.05, 0) is 60.9 Å². The number of aliphatic carboxylic acids is 1. The highest BCUT2D eigenvalue weighted by molar-refractivity contribution is 6.42. The highest BCUT2D eigenvalue weighted by Gasteiger charge is 2.37. The third-order valence-electron chi connectivity index (χ3n) is 6.96. The lowest BCUT2D eigenvalue weighted by Crippen LogP contribution is -2.56. The number of ketones is 3. The van der Waals surface area contributed by atoms with Crippen LogP contribution < -0.4 is 10.6 Å². The number of fused-ring (bicyclic) bond motifs is 1. The highest BCUT2D eigenvalue weighted by atomic mass is 35.5. The summed E-state index contributed by atoms with van der Waals surface area (Å²) in [5.74, 6) is -7.10. The Morgan fingerprint density at radius 3 is 2.07 bits per heavy atom. The van der Waals surface area contributed by atoms with Crippen LogP contribution in [-0.4, -0.2) is 57.3 Å². The van der Waals surface area contributed by atoms with Crippen LogP contribution in [0, 0.1) is 18.8 Å². The van der Waals surface area contributed by atoms with Gasteiger partial charge in [-0.25, -0.2) is 4.79 Å². The smallest absolute Gasteiger partial charge is 0.374 e. The molecule has 2 aromatic carbocycles. The van der Waals surface area contributed by atoms with E-state index in [-0.39, 0.29) is 39.6 Å². The van der Waals surface area contributed by atoms with E-state index in [9.17, 15) is 33.9 Å². The van der Waals surface area contributed by atoms with Crippen LogP contribution in [0.5, 0.6) is 0 Å². The maximum Gasteiger partial charge on any atom is 0.374 e. The molecule has 1 aromatic heterocycles. The van der Waals surface area contributed by atoms with Crippen LogP contribution in [0.3, 0.4) is 0 Å². The van der Waals surface area contributed by atoms with E-state index in [1.54, 1.807) is 13.8 Å². The van der Waals surface area contributed by atoms with Crippen molar-refractivity contribution >= 4 is 69.2 Å². The number of benzene rings is 2. The largest absolute Gasteiger partial charge is 0.475 e. The normalized spacial score (nSPS) is 12.7. The Bertz CT molecular complexity index is 1610. The zero-order chi connectivity index (χ0) is 32.9. The fraction of sp³-hybridized carbons (Fsp3) is 0.375. The van der Waals surface area contributed by atoms with Crippen molar-refractivity contribution in [3.8, 4) is 0 Å². The fourth-order valence-electron chi connectivity index (χ4n) is 5.02. The van der Waals surface area contributed by atoms with Crippen LogP contribution in [0.2, 0.25) is 10.0 Å². The first-order chi connectivity index (χ1) is 20.6.